The minimum Gasteiger partial charge on any atom is -0.382 e. The van der Waals surface area contributed by atoms with Crippen LogP contribution in [0.2, 0.25) is 6.04 Å². The fourth-order valence-electron chi connectivity index (χ4n) is 4.15. The van der Waals surface area contributed by atoms with Gasteiger partial charge in [-0.3, -0.25) is 0 Å². The smallest absolute Gasteiger partial charge is 0.382 e. The molecule has 0 aliphatic carbocycles. The monoisotopic (exact) mass is 506 g/mol. The Morgan fingerprint density at radius 1 is 0.353 bits per heavy atom. The van der Waals surface area contributed by atoms with Crippen molar-refractivity contribution >= 4 is 8.80 Å². The van der Waals surface area contributed by atoms with Crippen molar-refractivity contribution in [1.82, 2.24) is 0 Å². The highest BCUT2D eigenvalue weighted by Crippen LogP contribution is 2.18. The van der Waals surface area contributed by atoms with Crippen LogP contribution in [0.25, 0.3) is 0 Å². The highest BCUT2D eigenvalue weighted by molar-refractivity contribution is 6.60. The third-order valence-corrected chi connectivity index (χ3v) is 9.30. The highest BCUT2D eigenvalue weighted by atomic mass is 28.4. The van der Waals surface area contributed by atoms with Gasteiger partial charge in [-0.05, 0) is 25.7 Å². The number of unbranched alkanes of at least 4 members (excludes halogenated alkanes) is 15. The van der Waals surface area contributed by atoms with Gasteiger partial charge < -0.3 is 27.5 Å². The van der Waals surface area contributed by atoms with Gasteiger partial charge in [0.1, 0.15) is 0 Å². The van der Waals surface area contributed by atoms with Crippen LogP contribution >= 0.6 is 0 Å². The van der Waals surface area contributed by atoms with E-state index in [9.17, 15) is 0 Å². The van der Waals surface area contributed by atoms with E-state index in [0.717, 1.165) is 38.9 Å². The maximum atomic E-state index is 5.81. The molecule has 0 radical (unpaired) electrons. The third kappa shape index (κ3) is 22.4. The molecule has 206 valence electrons. The molecule has 0 heterocycles. The van der Waals surface area contributed by atoms with Gasteiger partial charge in [0, 0.05) is 54.3 Å². The molecule has 0 rings (SSSR count). The Morgan fingerprint density at radius 3 is 1.03 bits per heavy atom. The van der Waals surface area contributed by atoms with Crippen LogP contribution in [-0.2, 0) is 27.5 Å². The van der Waals surface area contributed by atoms with Crippen LogP contribution in [0.1, 0.15) is 109 Å². The number of ether oxygens (including phenoxy) is 3. The Hall–Kier alpha value is -0.0231. The van der Waals surface area contributed by atoms with Crippen LogP contribution in [0, 0.1) is 0 Å². The first kappa shape index (κ1) is 34.0. The maximum absolute atomic E-state index is 5.81. The van der Waals surface area contributed by atoms with E-state index in [2.05, 4.69) is 0 Å². The van der Waals surface area contributed by atoms with Crippen molar-refractivity contribution in [2.24, 2.45) is 0 Å². The van der Waals surface area contributed by atoms with Gasteiger partial charge in [0.15, 0.2) is 0 Å². The summed E-state index contributed by atoms with van der Waals surface area (Å²) in [4.78, 5) is 0. The van der Waals surface area contributed by atoms with E-state index in [1.165, 1.54) is 103 Å². The van der Waals surface area contributed by atoms with Crippen LogP contribution in [0.15, 0.2) is 0 Å². The number of methoxy groups -OCH3 is 1. The average molecular weight is 507 g/mol. The minimum absolute atomic E-state index is 0.703. The van der Waals surface area contributed by atoms with Crippen LogP contribution in [0.5, 0.6) is 0 Å². The van der Waals surface area contributed by atoms with Crippen molar-refractivity contribution < 1.29 is 27.5 Å². The molecule has 0 saturated carbocycles. The molecule has 0 aromatic carbocycles. The average Bonchev–Trinajstić information content (AvgIpc) is 2.86. The molecule has 6 nitrogen and oxygen atoms in total. The van der Waals surface area contributed by atoms with Gasteiger partial charge in [-0.1, -0.05) is 83.5 Å². The second kappa shape index (κ2) is 27.6. The van der Waals surface area contributed by atoms with Gasteiger partial charge in [-0.15, -0.1) is 0 Å². The van der Waals surface area contributed by atoms with Crippen molar-refractivity contribution in [2.45, 2.75) is 115 Å². The van der Waals surface area contributed by atoms with Crippen molar-refractivity contribution in [2.75, 3.05) is 61.5 Å². The summed E-state index contributed by atoms with van der Waals surface area (Å²) in [5, 5.41) is 0. The van der Waals surface area contributed by atoms with Crippen LogP contribution in [0.3, 0.4) is 0 Å². The topological polar surface area (TPSA) is 55.4 Å². The SMILES string of the molecule is COCCOCCCCCCCCCCOCCCCCCCCCCC[Si](OC)(OC)OC. The highest BCUT2D eigenvalue weighted by Gasteiger charge is 2.36. The van der Waals surface area contributed by atoms with Gasteiger partial charge in [0.2, 0.25) is 0 Å². The Kier molecular flexibility index (Phi) is 27.5. The molecule has 7 heteroatoms. The van der Waals surface area contributed by atoms with E-state index in [1.807, 2.05) is 0 Å². The van der Waals surface area contributed by atoms with Crippen molar-refractivity contribution in [3.63, 3.8) is 0 Å². The molecule has 0 unspecified atom stereocenters. The summed E-state index contributed by atoms with van der Waals surface area (Å²) >= 11 is 0. The summed E-state index contributed by atoms with van der Waals surface area (Å²) in [5.41, 5.74) is 0. The molecule has 0 aromatic rings. The molecule has 0 atom stereocenters. The molecule has 0 amide bonds. The fraction of sp³-hybridized carbons (Fsp3) is 1.00. The second-order valence-electron chi connectivity index (χ2n) is 9.27. The number of rotatable bonds is 29. The normalized spacial score (nSPS) is 12.0. The Bertz CT molecular complexity index is 374. The molecule has 0 aliphatic rings. The number of hydrogen-bond donors (Lipinski definition) is 0. The molecule has 0 N–H and O–H groups in total. The number of hydrogen-bond acceptors (Lipinski definition) is 6. The zero-order valence-corrected chi connectivity index (χ0v) is 24.2. The van der Waals surface area contributed by atoms with E-state index in [1.54, 1.807) is 28.4 Å². The lowest BCUT2D eigenvalue weighted by Crippen LogP contribution is -2.42. The summed E-state index contributed by atoms with van der Waals surface area (Å²) in [5.74, 6) is 0. The summed E-state index contributed by atoms with van der Waals surface area (Å²) in [6, 6.07) is 0.920. The van der Waals surface area contributed by atoms with Gasteiger partial charge in [0.25, 0.3) is 0 Å². The van der Waals surface area contributed by atoms with Crippen molar-refractivity contribution in [3.05, 3.63) is 0 Å². The molecule has 0 aliphatic heterocycles. The Labute approximate surface area is 213 Å². The quantitative estimate of drug-likeness (QED) is 0.0791. The first-order chi connectivity index (χ1) is 16.7. The standard InChI is InChI=1S/C27H58O6Si/c1-28-25-26-33-24-20-16-12-8-7-11-15-19-23-32-22-18-14-10-6-5-9-13-17-21-27-34(29-2,30-3)31-4/h5-27H2,1-4H3. The molecular weight excluding hydrogens is 448 g/mol. The van der Waals surface area contributed by atoms with E-state index >= 15 is 0 Å². The predicted octanol–water partition coefficient (Wildman–Crippen LogP) is 7.18. The maximum Gasteiger partial charge on any atom is 0.500 e. The largest absolute Gasteiger partial charge is 0.500 e. The van der Waals surface area contributed by atoms with Gasteiger partial charge in [-0.2, -0.15) is 0 Å². The van der Waals surface area contributed by atoms with E-state index in [0.29, 0.717) is 6.61 Å². The van der Waals surface area contributed by atoms with Gasteiger partial charge in [0.05, 0.1) is 13.2 Å². The van der Waals surface area contributed by atoms with Gasteiger partial charge in [-0.25, -0.2) is 0 Å². The Balaban J connectivity index is 3.14. The molecule has 0 saturated heterocycles. The van der Waals surface area contributed by atoms with Gasteiger partial charge >= 0.3 is 8.80 Å². The molecule has 0 fully saturated rings. The van der Waals surface area contributed by atoms with Crippen LogP contribution in [-0.4, -0.2) is 70.3 Å². The molecule has 0 aromatic heterocycles. The van der Waals surface area contributed by atoms with Crippen molar-refractivity contribution in [3.8, 4) is 0 Å². The third-order valence-electron chi connectivity index (χ3n) is 6.46. The van der Waals surface area contributed by atoms with Crippen LogP contribution < -0.4 is 0 Å². The second-order valence-corrected chi connectivity index (χ2v) is 12.4. The lowest BCUT2D eigenvalue weighted by molar-refractivity contribution is 0.0685. The summed E-state index contributed by atoms with van der Waals surface area (Å²) in [7, 11) is 4.44. The minimum atomic E-state index is -2.35. The molecule has 34 heavy (non-hydrogen) atoms. The van der Waals surface area contributed by atoms with E-state index in [4.69, 9.17) is 27.5 Å². The fourth-order valence-corrected chi connectivity index (χ4v) is 5.95. The summed E-state index contributed by atoms with van der Waals surface area (Å²) in [6.07, 6.45) is 22.0. The van der Waals surface area contributed by atoms with Crippen LogP contribution in [0.4, 0.5) is 0 Å². The van der Waals surface area contributed by atoms with Crippen molar-refractivity contribution in [1.29, 1.82) is 0 Å². The molecular formula is C27H58O6Si. The lowest BCUT2D eigenvalue weighted by Gasteiger charge is -2.24. The lowest BCUT2D eigenvalue weighted by atomic mass is 10.1. The zero-order valence-electron chi connectivity index (χ0n) is 23.2. The predicted molar refractivity (Wildman–Crippen MR) is 144 cm³/mol. The summed E-state index contributed by atoms with van der Waals surface area (Å²) < 4.78 is 32.7. The Morgan fingerprint density at radius 2 is 0.676 bits per heavy atom. The molecule has 0 bridgehead atoms. The zero-order chi connectivity index (χ0) is 25.0. The molecule has 0 spiro atoms. The summed E-state index contributed by atoms with van der Waals surface area (Å²) in [6.45, 7) is 4.19. The van der Waals surface area contributed by atoms with E-state index < -0.39 is 8.80 Å². The first-order valence-electron chi connectivity index (χ1n) is 14.0. The van der Waals surface area contributed by atoms with E-state index in [-0.39, 0.29) is 0 Å². The first-order valence-corrected chi connectivity index (χ1v) is 16.0.